The van der Waals surface area contributed by atoms with E-state index in [1.165, 1.54) is 64.7 Å². The summed E-state index contributed by atoms with van der Waals surface area (Å²) in [5, 5.41) is 19.3. The number of amides is 3. The van der Waals surface area contributed by atoms with E-state index in [2.05, 4.69) is 94.5 Å². The Balaban J connectivity index is 0.000000159. The molecule has 0 bridgehead atoms. The van der Waals surface area contributed by atoms with Crippen molar-refractivity contribution in [3.8, 4) is 34.9 Å². The zero-order valence-corrected chi connectivity index (χ0v) is 69.8. The quantitative estimate of drug-likeness (QED) is 0.0310. The van der Waals surface area contributed by atoms with Gasteiger partial charge in [-0.1, -0.05) is 6.07 Å². The van der Waals surface area contributed by atoms with Gasteiger partial charge >= 0.3 is 6.18 Å². The monoisotopic (exact) mass is 1700 g/mol. The van der Waals surface area contributed by atoms with Gasteiger partial charge in [-0.25, -0.2) is 56.2 Å². The highest BCUT2D eigenvalue weighted by atomic mass is 19.4. The van der Waals surface area contributed by atoms with Crippen LogP contribution in [-0.4, -0.2) is 238 Å². The van der Waals surface area contributed by atoms with Gasteiger partial charge < -0.3 is 94.3 Å². The fraction of sp³-hybridized carbons (Fsp3) is 0.337. The van der Waals surface area contributed by atoms with Crippen LogP contribution < -0.4 is 44.9 Å². The molecule has 648 valence electrons. The lowest BCUT2D eigenvalue weighted by Gasteiger charge is -2.35. The van der Waals surface area contributed by atoms with Crippen LogP contribution >= 0.6 is 0 Å². The molecule has 123 heavy (non-hydrogen) atoms. The highest BCUT2D eigenvalue weighted by Gasteiger charge is 2.37. The number of aromatic nitrogens is 9. The van der Waals surface area contributed by atoms with Crippen molar-refractivity contribution < 1.29 is 73.2 Å². The number of hydrogen-bond acceptors (Lipinski definition) is 22. The molecule has 9 heterocycles. The Kier molecular flexibility index (Phi) is 26.8. The van der Waals surface area contributed by atoms with Crippen molar-refractivity contribution in [3.63, 3.8) is 0 Å². The first kappa shape index (κ1) is 87.8. The van der Waals surface area contributed by atoms with Gasteiger partial charge in [0.05, 0.1) is 28.7 Å². The molecule has 0 aliphatic carbocycles. The number of aliphatic hydroxyl groups is 1. The normalized spacial score (nSPS) is 14.1. The third-order valence-electron chi connectivity index (χ3n) is 21.6. The Labute approximate surface area is 702 Å². The predicted octanol–water partition coefficient (Wildman–Crippen LogP) is 15.3. The van der Waals surface area contributed by atoms with Crippen LogP contribution in [0.25, 0.3) is 32.7 Å². The molecule has 3 amide bonds. The van der Waals surface area contributed by atoms with Crippen molar-refractivity contribution in [2.45, 2.75) is 54.3 Å². The summed E-state index contributed by atoms with van der Waals surface area (Å²) in [6.07, 6.45) is -1.26. The van der Waals surface area contributed by atoms with Crippen LogP contribution in [0.15, 0.2) is 116 Å². The first-order chi connectivity index (χ1) is 58.8. The standard InChI is InChI=1S/C29H30F5N7O2.C29H33F2N7O3.C28H31F2N7O2/c1-5-40(4)28(42)23-26(35-15-36-27(23)43-22-14-20(30)25-18(24(22)31)12-16(2)37-25)38-17-6-7-21(19(13-17)29(32,33)34)41-10-8-39(3)9-11-41;1-5-37(4)29(40)24-27(35-22-7-6-19(13-18(22)15-39)38-10-8-36(3)9-11-38)32-16-33-28(24)41-23-14-21(30)26-20(25(23)31)12-17(2)34-26;1-5-36(4)28(38)23-26(34-18-7-6-8-19(14-18)37-11-9-35(3)10-12-37)31-16-32-27(23)39-22-15-21(29)25-20(24(22)30)13-17(2)33-25/h6-7,12-15,37H,5,8-11H2,1-4H3,(H,35,36,38);6-7,12-14,16,34,39H,5,8-11,15H2,1-4H3,(H,32,33,35);6-8,13-16,33H,5,9-12H2,1-4H3,(H,31,32,34). The van der Waals surface area contributed by atoms with Crippen LogP contribution in [0.1, 0.15) is 80.1 Å². The minimum Gasteiger partial charge on any atom is -0.435 e. The zero-order valence-electron chi connectivity index (χ0n) is 69.8. The average molecular weight is 1700 g/mol. The number of nitrogens with zero attached hydrogens (tertiary/aromatic N) is 15. The molecule has 0 radical (unpaired) electrons. The maximum atomic E-state index is 15.4. The lowest BCUT2D eigenvalue weighted by Crippen LogP contribution is -2.45. The van der Waals surface area contributed by atoms with Crippen LogP contribution in [0.3, 0.4) is 0 Å². The van der Waals surface area contributed by atoms with Crippen molar-refractivity contribution in [1.29, 1.82) is 0 Å². The topological polar surface area (TPSA) is 289 Å². The highest BCUT2D eigenvalue weighted by molar-refractivity contribution is 6.03. The minimum atomic E-state index is -4.66. The van der Waals surface area contributed by atoms with E-state index >= 15 is 13.2 Å². The molecule has 3 aliphatic rings. The van der Waals surface area contributed by atoms with E-state index in [1.54, 1.807) is 53.6 Å². The molecule has 0 atom stereocenters. The number of hydrogen-bond donors (Lipinski definition) is 7. The van der Waals surface area contributed by atoms with Gasteiger partial charge in [0.1, 0.15) is 35.7 Å². The summed E-state index contributed by atoms with van der Waals surface area (Å²) in [4.78, 5) is 90.7. The number of anilines is 9. The second-order valence-corrected chi connectivity index (χ2v) is 30.2. The molecule has 0 saturated carbocycles. The molecule has 3 fully saturated rings. The summed E-state index contributed by atoms with van der Waals surface area (Å²) in [7, 11) is 10.8. The van der Waals surface area contributed by atoms with Gasteiger partial charge in [-0.05, 0) is 135 Å². The smallest absolute Gasteiger partial charge is 0.418 e. The number of carbonyl (C=O) groups excluding carboxylic acids is 3. The van der Waals surface area contributed by atoms with E-state index in [9.17, 15) is 45.8 Å². The van der Waals surface area contributed by atoms with Crippen molar-refractivity contribution in [2.75, 3.05) is 171 Å². The number of piperazine rings is 3. The summed E-state index contributed by atoms with van der Waals surface area (Å²) < 4.78 is 150. The Morgan fingerprint density at radius 1 is 0.447 bits per heavy atom. The van der Waals surface area contributed by atoms with Gasteiger partial charge in [-0.2, -0.15) is 13.2 Å². The molecule has 3 aliphatic heterocycles. The fourth-order valence-corrected chi connectivity index (χ4v) is 14.2. The first-order valence-corrected chi connectivity index (χ1v) is 39.7. The van der Waals surface area contributed by atoms with Gasteiger partial charge in [0, 0.05) is 210 Å². The van der Waals surface area contributed by atoms with Gasteiger partial charge in [0.25, 0.3) is 17.7 Å². The number of aryl methyl sites for hydroxylation is 3. The lowest BCUT2D eigenvalue weighted by molar-refractivity contribution is -0.137. The van der Waals surface area contributed by atoms with E-state index in [-0.39, 0.29) is 109 Å². The van der Waals surface area contributed by atoms with Gasteiger partial charge in [0.2, 0.25) is 17.6 Å². The van der Waals surface area contributed by atoms with Crippen molar-refractivity contribution in [2.24, 2.45) is 0 Å². The SMILES string of the molecule is CCN(C)C(=O)c1c(Nc2ccc(N3CCN(C)CC3)c(C(F)(F)F)c2)ncnc1Oc1cc(F)c2[nH]c(C)cc2c1F.CCN(C)C(=O)c1c(Nc2ccc(N3CCN(C)CC3)cc2CO)ncnc1Oc1cc(F)c2[nH]c(C)cc2c1F.CCN(C)C(=O)c1c(Nc2cccc(N3CCN(C)CC3)c2)ncnc1Oc1cc(F)c2[nH]c(C)cc2c1F. The zero-order chi connectivity index (χ0) is 88.0. The summed E-state index contributed by atoms with van der Waals surface area (Å²) in [6, 6.07) is 24.4. The van der Waals surface area contributed by atoms with Crippen LogP contribution in [0.2, 0.25) is 0 Å². The van der Waals surface area contributed by atoms with E-state index < -0.39 is 81.7 Å². The molecule has 6 aromatic heterocycles. The van der Waals surface area contributed by atoms with E-state index in [0.717, 1.165) is 94.3 Å². The van der Waals surface area contributed by atoms with E-state index in [1.807, 2.05) is 61.3 Å². The van der Waals surface area contributed by atoms with Gasteiger partial charge in [-0.3, -0.25) is 14.4 Å². The predicted molar refractivity (Wildman–Crippen MR) is 452 cm³/mol. The third-order valence-corrected chi connectivity index (χ3v) is 21.6. The Morgan fingerprint density at radius 3 is 1.17 bits per heavy atom. The lowest BCUT2D eigenvalue weighted by atomic mass is 10.1. The number of aromatic amines is 3. The van der Waals surface area contributed by atoms with Gasteiger partial charge in [-0.15, -0.1) is 0 Å². The molecule has 28 nitrogen and oxygen atoms in total. The van der Waals surface area contributed by atoms with Crippen LogP contribution in [-0.2, 0) is 12.8 Å². The van der Waals surface area contributed by atoms with Crippen molar-refractivity contribution in [3.05, 3.63) is 196 Å². The Hall–Kier alpha value is -13.0. The number of aliphatic hydroxyl groups excluding tert-OH is 1. The number of benzene rings is 6. The number of alkyl halides is 3. The van der Waals surface area contributed by atoms with Crippen molar-refractivity contribution >= 4 is 102 Å². The molecule has 12 aromatic rings. The molecule has 0 spiro atoms. The first-order valence-electron chi connectivity index (χ1n) is 39.7. The third kappa shape index (κ3) is 19.5. The molecule has 6 aromatic carbocycles. The largest absolute Gasteiger partial charge is 0.435 e. The fourth-order valence-electron chi connectivity index (χ4n) is 14.2. The van der Waals surface area contributed by atoms with Gasteiger partial charge in [0.15, 0.2) is 69.6 Å². The number of likely N-dealkylation sites (N-methyl/N-ethyl adjacent to an activating group) is 3. The second kappa shape index (κ2) is 37.6. The highest BCUT2D eigenvalue weighted by Crippen LogP contribution is 2.43. The number of fused-ring (bicyclic) bond motifs is 3. The summed E-state index contributed by atoms with van der Waals surface area (Å²) in [6.45, 7) is 20.6. The van der Waals surface area contributed by atoms with Crippen LogP contribution in [0.4, 0.5) is 91.1 Å². The molecule has 15 rings (SSSR count). The molecule has 0 unspecified atom stereocenters. The second-order valence-electron chi connectivity index (χ2n) is 30.2. The minimum absolute atomic E-state index is 0.00416. The van der Waals surface area contributed by atoms with Crippen LogP contribution in [0, 0.1) is 55.7 Å². The number of halogens is 9. The summed E-state index contributed by atoms with van der Waals surface area (Å²) >= 11 is 0. The maximum absolute atomic E-state index is 15.4. The van der Waals surface area contributed by atoms with E-state index in [4.69, 9.17) is 14.2 Å². The van der Waals surface area contributed by atoms with E-state index in [0.29, 0.717) is 73.3 Å². The number of rotatable bonds is 22. The molecule has 37 heteroatoms. The maximum Gasteiger partial charge on any atom is 0.418 e. The molecule has 7 N–H and O–H groups in total. The summed E-state index contributed by atoms with van der Waals surface area (Å²) in [5.74, 6) is -8.19. The molecular formula is C86H94F9N21O7. The number of H-pyrrole nitrogens is 3. The van der Waals surface area contributed by atoms with Crippen molar-refractivity contribution in [1.82, 2.24) is 74.3 Å². The molecule has 3 saturated heterocycles. The Bertz CT molecular complexity index is 5890. The Morgan fingerprint density at radius 2 is 0.805 bits per heavy atom. The average Bonchev–Trinajstić information content (AvgIpc) is 1.12. The number of ether oxygens (including phenoxy) is 3. The van der Waals surface area contributed by atoms with Crippen LogP contribution in [0.5, 0.6) is 34.9 Å². The number of nitrogens with one attached hydrogen (secondary N) is 6. The summed E-state index contributed by atoms with van der Waals surface area (Å²) in [5.41, 5.74) is 4.50. The number of carbonyl (C=O) groups is 3. The molecular weight excluding hydrogens is 1610 g/mol.